The van der Waals surface area contributed by atoms with Gasteiger partial charge < -0.3 is 5.32 Å². The molecule has 1 aliphatic rings. The Kier molecular flexibility index (Phi) is 5.44. The molecule has 1 saturated carbocycles. The molecule has 1 fully saturated rings. The molecule has 1 aliphatic carbocycles. The van der Waals surface area contributed by atoms with Gasteiger partial charge in [0.1, 0.15) is 0 Å². The highest BCUT2D eigenvalue weighted by atomic mass is 15.3. The normalized spacial score (nSPS) is 23.1. The van der Waals surface area contributed by atoms with Gasteiger partial charge >= 0.3 is 0 Å². The number of hydrogen-bond acceptors (Lipinski definition) is 2. The second-order valence-electron chi connectivity index (χ2n) is 5.95. The van der Waals surface area contributed by atoms with Gasteiger partial charge in [-0.25, -0.2) is 0 Å². The maximum absolute atomic E-state index is 4.57. The second-order valence-corrected chi connectivity index (χ2v) is 5.95. The maximum atomic E-state index is 4.57. The van der Waals surface area contributed by atoms with Gasteiger partial charge in [-0.15, -0.1) is 0 Å². The molecule has 19 heavy (non-hydrogen) atoms. The van der Waals surface area contributed by atoms with Gasteiger partial charge in [-0.2, -0.15) is 5.10 Å². The molecule has 0 spiro atoms. The standard InChI is InChI=1S/C16H29N3/c1-4-9-17-12-15-8-6-7-14(15)11-16-10-13(3)18-19(16)5-2/h10,14-15,17H,4-9,11-12H2,1-3H3. The average molecular weight is 263 g/mol. The maximum Gasteiger partial charge on any atom is 0.0596 e. The summed E-state index contributed by atoms with van der Waals surface area (Å²) in [6.07, 6.45) is 6.65. The molecule has 108 valence electrons. The summed E-state index contributed by atoms with van der Waals surface area (Å²) in [5.74, 6) is 1.72. The van der Waals surface area contributed by atoms with E-state index in [9.17, 15) is 0 Å². The summed E-state index contributed by atoms with van der Waals surface area (Å²) in [6.45, 7) is 9.89. The minimum absolute atomic E-state index is 0.853. The van der Waals surface area contributed by atoms with Crippen LogP contribution in [0.4, 0.5) is 0 Å². The molecule has 2 atom stereocenters. The molecule has 1 aromatic heterocycles. The zero-order valence-corrected chi connectivity index (χ0v) is 12.8. The summed E-state index contributed by atoms with van der Waals surface area (Å²) in [5, 5.41) is 8.18. The molecule has 1 heterocycles. The first-order chi connectivity index (χ1) is 9.24. The van der Waals surface area contributed by atoms with Crippen LogP contribution in [0.25, 0.3) is 0 Å². The number of aromatic nitrogens is 2. The van der Waals surface area contributed by atoms with E-state index >= 15 is 0 Å². The Morgan fingerprint density at radius 3 is 2.84 bits per heavy atom. The number of nitrogens with zero attached hydrogens (tertiary/aromatic N) is 2. The van der Waals surface area contributed by atoms with Gasteiger partial charge in [0.15, 0.2) is 0 Å². The highest BCUT2D eigenvalue weighted by Gasteiger charge is 2.27. The van der Waals surface area contributed by atoms with Crippen LogP contribution in [0.5, 0.6) is 0 Å². The summed E-state index contributed by atoms with van der Waals surface area (Å²) in [5.41, 5.74) is 2.60. The van der Waals surface area contributed by atoms with Gasteiger partial charge in [0.2, 0.25) is 0 Å². The van der Waals surface area contributed by atoms with Gasteiger partial charge in [-0.3, -0.25) is 4.68 Å². The molecule has 1 aromatic rings. The van der Waals surface area contributed by atoms with E-state index in [4.69, 9.17) is 0 Å². The van der Waals surface area contributed by atoms with Gasteiger partial charge in [-0.05, 0) is 70.5 Å². The van der Waals surface area contributed by atoms with Crippen LogP contribution in [0.15, 0.2) is 6.07 Å². The minimum Gasteiger partial charge on any atom is -0.316 e. The molecule has 0 saturated heterocycles. The number of nitrogens with one attached hydrogen (secondary N) is 1. The number of rotatable bonds is 7. The van der Waals surface area contributed by atoms with Crippen molar-refractivity contribution in [2.24, 2.45) is 11.8 Å². The van der Waals surface area contributed by atoms with Gasteiger partial charge in [-0.1, -0.05) is 13.3 Å². The van der Waals surface area contributed by atoms with Crippen molar-refractivity contribution in [1.82, 2.24) is 15.1 Å². The molecular weight excluding hydrogens is 234 g/mol. The summed E-state index contributed by atoms with van der Waals surface area (Å²) in [6, 6.07) is 2.28. The Morgan fingerprint density at radius 1 is 1.32 bits per heavy atom. The predicted molar refractivity (Wildman–Crippen MR) is 80.3 cm³/mol. The average Bonchev–Trinajstić information content (AvgIpc) is 2.97. The predicted octanol–water partition coefficient (Wildman–Crippen LogP) is 3.17. The lowest BCUT2D eigenvalue weighted by atomic mass is 9.91. The van der Waals surface area contributed by atoms with Crippen molar-refractivity contribution in [3.05, 3.63) is 17.5 Å². The number of aryl methyl sites for hydroxylation is 2. The lowest BCUT2D eigenvalue weighted by Gasteiger charge is -2.20. The third-order valence-corrected chi connectivity index (χ3v) is 4.41. The van der Waals surface area contributed by atoms with E-state index in [1.165, 1.54) is 44.3 Å². The molecule has 1 N–H and O–H groups in total. The topological polar surface area (TPSA) is 29.9 Å². The monoisotopic (exact) mass is 263 g/mol. The second kappa shape index (κ2) is 7.09. The van der Waals surface area contributed by atoms with Crippen molar-refractivity contribution in [1.29, 1.82) is 0 Å². The molecule has 0 aromatic carbocycles. The smallest absolute Gasteiger partial charge is 0.0596 e. The highest BCUT2D eigenvalue weighted by molar-refractivity contribution is 5.10. The van der Waals surface area contributed by atoms with Crippen molar-refractivity contribution >= 4 is 0 Å². The van der Waals surface area contributed by atoms with E-state index in [2.05, 4.69) is 41.9 Å². The van der Waals surface area contributed by atoms with E-state index < -0.39 is 0 Å². The van der Waals surface area contributed by atoms with Gasteiger partial charge in [0.25, 0.3) is 0 Å². The largest absolute Gasteiger partial charge is 0.316 e. The zero-order chi connectivity index (χ0) is 13.7. The van der Waals surface area contributed by atoms with Crippen LogP contribution < -0.4 is 5.32 Å². The van der Waals surface area contributed by atoms with Crippen LogP contribution in [0.3, 0.4) is 0 Å². The Hall–Kier alpha value is -0.830. The first-order valence-corrected chi connectivity index (χ1v) is 7.98. The van der Waals surface area contributed by atoms with Crippen LogP contribution in [0, 0.1) is 18.8 Å². The molecule has 0 radical (unpaired) electrons. The molecule has 3 nitrogen and oxygen atoms in total. The first-order valence-electron chi connectivity index (χ1n) is 7.98. The van der Waals surface area contributed by atoms with Crippen LogP contribution in [-0.2, 0) is 13.0 Å². The molecule has 0 bridgehead atoms. The van der Waals surface area contributed by atoms with Crippen LogP contribution in [-0.4, -0.2) is 22.9 Å². The highest BCUT2D eigenvalue weighted by Crippen LogP contribution is 2.34. The fourth-order valence-corrected chi connectivity index (χ4v) is 3.42. The fraction of sp³-hybridized carbons (Fsp3) is 0.812. The Balaban J connectivity index is 1.93. The Bertz CT molecular complexity index is 383. The Labute approximate surface area is 117 Å². The van der Waals surface area contributed by atoms with Crippen molar-refractivity contribution < 1.29 is 0 Å². The van der Waals surface area contributed by atoms with Crippen LogP contribution >= 0.6 is 0 Å². The van der Waals surface area contributed by atoms with Crippen molar-refractivity contribution in [3.63, 3.8) is 0 Å². The van der Waals surface area contributed by atoms with Crippen molar-refractivity contribution in [3.8, 4) is 0 Å². The SMILES string of the molecule is CCCNCC1CCCC1Cc1cc(C)nn1CC. The molecule has 2 rings (SSSR count). The summed E-state index contributed by atoms with van der Waals surface area (Å²) >= 11 is 0. The molecule has 2 unspecified atom stereocenters. The lowest BCUT2D eigenvalue weighted by molar-refractivity contribution is 0.357. The molecular formula is C16H29N3. The first kappa shape index (κ1) is 14.6. The minimum atomic E-state index is 0.853. The zero-order valence-electron chi connectivity index (χ0n) is 12.8. The van der Waals surface area contributed by atoms with Crippen molar-refractivity contribution in [2.75, 3.05) is 13.1 Å². The van der Waals surface area contributed by atoms with E-state index in [-0.39, 0.29) is 0 Å². The molecule has 0 amide bonds. The van der Waals surface area contributed by atoms with Crippen molar-refractivity contribution in [2.45, 2.75) is 59.4 Å². The quantitative estimate of drug-likeness (QED) is 0.766. The van der Waals surface area contributed by atoms with E-state index in [0.717, 1.165) is 30.6 Å². The van der Waals surface area contributed by atoms with E-state index in [1.807, 2.05) is 0 Å². The fourth-order valence-electron chi connectivity index (χ4n) is 3.42. The van der Waals surface area contributed by atoms with Crippen LogP contribution in [0.1, 0.15) is 50.9 Å². The van der Waals surface area contributed by atoms with Gasteiger partial charge in [0, 0.05) is 12.2 Å². The summed E-state index contributed by atoms with van der Waals surface area (Å²) in [7, 11) is 0. The number of hydrogen-bond donors (Lipinski definition) is 1. The molecule has 0 aliphatic heterocycles. The molecule has 3 heteroatoms. The van der Waals surface area contributed by atoms with Gasteiger partial charge in [0.05, 0.1) is 5.69 Å². The van der Waals surface area contributed by atoms with E-state index in [1.54, 1.807) is 0 Å². The third-order valence-electron chi connectivity index (χ3n) is 4.41. The third kappa shape index (κ3) is 3.82. The lowest BCUT2D eigenvalue weighted by Crippen LogP contribution is -2.27. The van der Waals surface area contributed by atoms with E-state index in [0.29, 0.717) is 0 Å². The summed E-state index contributed by atoms with van der Waals surface area (Å²) in [4.78, 5) is 0. The summed E-state index contributed by atoms with van der Waals surface area (Å²) < 4.78 is 2.18. The Morgan fingerprint density at radius 2 is 2.11 bits per heavy atom. The van der Waals surface area contributed by atoms with Crippen LogP contribution in [0.2, 0.25) is 0 Å².